The Kier molecular flexibility index (Phi) is 8.20. The number of hydrogen-bond donors (Lipinski definition) is 0. The standard InChI is InChI=1S/C10H14O.C6H7.CH2.2ClH.Ti/c1-10(2,3)8-5-4-6-9(11)7-8;1-6-4-2-3-5-6;;;;/h4-7,11H,1-3H3;2,4H,3H2,1H3;1H2;2*1H;/q;;;;;+1/p-1. The van der Waals surface area contributed by atoms with E-state index in [1.165, 1.54) is 15.0 Å². The Morgan fingerprint density at radius 1 is 1.19 bits per heavy atom. The molecule has 116 valence electrons. The molecule has 0 saturated carbocycles. The Morgan fingerprint density at radius 3 is 2.38 bits per heavy atom. The summed E-state index contributed by atoms with van der Waals surface area (Å²) in [6.07, 6.45) is 5.42. The fraction of sp³-hybridized carbons (Fsp3) is 0.353. The van der Waals surface area contributed by atoms with Gasteiger partial charge in [-0.3, -0.25) is 0 Å². The van der Waals surface area contributed by atoms with Gasteiger partial charge in [-0.1, -0.05) is 0 Å². The molecule has 1 aliphatic rings. The molecule has 1 aromatic rings. The van der Waals surface area contributed by atoms with Gasteiger partial charge in [0.1, 0.15) is 0 Å². The van der Waals surface area contributed by atoms with Crippen LogP contribution in [0.2, 0.25) is 0 Å². The number of benzene rings is 1. The SMILES string of the molecule is Cl.Cl.[CH2]=[Ti]([O]c1cccc(C(C)(C)C)c1)[C]1=C(C)C=CC1. The minimum atomic E-state index is -1.83. The molecule has 0 saturated heterocycles. The Balaban J connectivity index is 0.00000200. The van der Waals surface area contributed by atoms with E-state index >= 15 is 0 Å². The zero-order chi connectivity index (χ0) is 14.0. The first-order valence-electron chi connectivity index (χ1n) is 6.72. The first-order chi connectivity index (χ1) is 8.88. The third kappa shape index (κ3) is 5.41. The first-order valence-corrected chi connectivity index (χ1v) is 9.24. The second-order valence-electron chi connectivity index (χ2n) is 6.07. The second-order valence-corrected chi connectivity index (χ2v) is 8.65. The molecule has 1 aromatic carbocycles. The van der Waals surface area contributed by atoms with Gasteiger partial charge in [0.2, 0.25) is 0 Å². The Labute approximate surface area is 147 Å². The molecule has 1 nitrogen and oxygen atoms in total. The van der Waals surface area contributed by atoms with Gasteiger partial charge in [0.25, 0.3) is 0 Å². The summed E-state index contributed by atoms with van der Waals surface area (Å²) in [5, 5.41) is 0. The van der Waals surface area contributed by atoms with Crippen LogP contribution in [0.1, 0.15) is 39.7 Å². The van der Waals surface area contributed by atoms with Crippen molar-refractivity contribution in [2.24, 2.45) is 0 Å². The van der Waals surface area contributed by atoms with Crippen LogP contribution in [0.25, 0.3) is 0 Å². The van der Waals surface area contributed by atoms with E-state index in [1.54, 1.807) is 0 Å². The predicted molar refractivity (Wildman–Crippen MR) is 93.8 cm³/mol. The van der Waals surface area contributed by atoms with Gasteiger partial charge in [0.05, 0.1) is 0 Å². The molecule has 0 unspecified atom stereocenters. The molecule has 4 heteroatoms. The van der Waals surface area contributed by atoms with Gasteiger partial charge >= 0.3 is 123 Å². The summed E-state index contributed by atoms with van der Waals surface area (Å²) in [4.78, 5) is 4.30. The zero-order valence-electron chi connectivity index (χ0n) is 13.1. The molecule has 0 aromatic heterocycles. The normalized spacial score (nSPS) is 13.5. The van der Waals surface area contributed by atoms with Crippen LogP contribution in [-0.2, 0) is 23.2 Å². The van der Waals surface area contributed by atoms with Crippen LogP contribution in [0.15, 0.2) is 45.9 Å². The molecule has 0 radical (unpaired) electrons. The van der Waals surface area contributed by atoms with Crippen molar-refractivity contribution >= 4 is 29.6 Å². The number of hydrogen-bond acceptors (Lipinski definition) is 1. The van der Waals surface area contributed by atoms with E-state index in [0.29, 0.717) is 0 Å². The Hall–Kier alpha value is -0.336. The van der Waals surface area contributed by atoms with Crippen molar-refractivity contribution in [3.63, 3.8) is 0 Å². The van der Waals surface area contributed by atoms with E-state index in [1.807, 2.05) is 6.07 Å². The Bertz CT molecular complexity index is 568. The molecule has 0 N–H and O–H groups in total. The van der Waals surface area contributed by atoms with Crippen LogP contribution in [0.3, 0.4) is 0 Å². The molecule has 21 heavy (non-hydrogen) atoms. The number of halogens is 2. The fourth-order valence-electron chi connectivity index (χ4n) is 2.18. The quantitative estimate of drug-likeness (QED) is 0.653. The first kappa shape index (κ1) is 20.7. The predicted octanol–water partition coefficient (Wildman–Crippen LogP) is 5.41. The van der Waals surface area contributed by atoms with E-state index in [4.69, 9.17) is 3.32 Å². The average Bonchev–Trinajstić information content (AvgIpc) is 2.75. The van der Waals surface area contributed by atoms with Gasteiger partial charge in [0, 0.05) is 0 Å². The van der Waals surface area contributed by atoms with E-state index in [0.717, 1.165) is 12.2 Å². The third-order valence-corrected chi connectivity index (χ3v) is 6.18. The average molecular weight is 363 g/mol. The maximum absolute atomic E-state index is 6.16. The van der Waals surface area contributed by atoms with Crippen LogP contribution in [0.5, 0.6) is 5.75 Å². The molecule has 0 aliphatic heterocycles. The molecular weight excluding hydrogens is 339 g/mol. The van der Waals surface area contributed by atoms with Crippen LogP contribution in [0, 0.1) is 0 Å². The molecule has 1 aliphatic carbocycles. The summed E-state index contributed by atoms with van der Waals surface area (Å²) in [6.45, 7) is 8.83. The molecular formula is C17H24Cl2OTi. The number of rotatable bonds is 3. The van der Waals surface area contributed by atoms with Crippen molar-refractivity contribution in [1.29, 1.82) is 0 Å². The van der Waals surface area contributed by atoms with E-state index in [2.05, 4.69) is 62.9 Å². The van der Waals surface area contributed by atoms with Gasteiger partial charge in [0.15, 0.2) is 0 Å². The van der Waals surface area contributed by atoms with Gasteiger partial charge in [-0.05, 0) is 0 Å². The van der Waals surface area contributed by atoms with E-state index in [-0.39, 0.29) is 30.2 Å². The second kappa shape index (κ2) is 8.34. The summed E-state index contributed by atoms with van der Waals surface area (Å²) in [6, 6.07) is 8.45. The van der Waals surface area contributed by atoms with E-state index < -0.39 is 17.8 Å². The van der Waals surface area contributed by atoms with Crippen LogP contribution < -0.4 is 3.32 Å². The monoisotopic (exact) mass is 362 g/mol. The summed E-state index contributed by atoms with van der Waals surface area (Å²) in [5.74, 6) is 0.977. The summed E-state index contributed by atoms with van der Waals surface area (Å²) < 4.78 is 7.61. The van der Waals surface area contributed by atoms with Gasteiger partial charge in [-0.25, -0.2) is 0 Å². The van der Waals surface area contributed by atoms with Crippen molar-refractivity contribution in [2.45, 2.75) is 39.5 Å². The van der Waals surface area contributed by atoms with Gasteiger partial charge in [-0.15, -0.1) is 24.8 Å². The molecule has 0 amide bonds. The zero-order valence-corrected chi connectivity index (χ0v) is 16.3. The summed E-state index contributed by atoms with van der Waals surface area (Å²) in [7, 11) is 0. The molecule has 0 atom stereocenters. The maximum atomic E-state index is 6.16. The van der Waals surface area contributed by atoms with E-state index in [9.17, 15) is 0 Å². The fourth-order valence-corrected chi connectivity index (χ4v) is 4.37. The van der Waals surface area contributed by atoms with Crippen molar-refractivity contribution in [1.82, 2.24) is 0 Å². The van der Waals surface area contributed by atoms with Crippen molar-refractivity contribution < 1.29 is 21.1 Å². The number of allylic oxidation sites excluding steroid dienone is 4. The van der Waals surface area contributed by atoms with Gasteiger partial charge in [-0.2, -0.15) is 0 Å². The topological polar surface area (TPSA) is 9.23 Å². The third-order valence-electron chi connectivity index (χ3n) is 3.44. The van der Waals surface area contributed by atoms with Crippen molar-refractivity contribution in [3.05, 3.63) is 51.4 Å². The summed E-state index contributed by atoms with van der Waals surface area (Å²) >= 11 is -1.83. The van der Waals surface area contributed by atoms with Crippen molar-refractivity contribution in [3.8, 4) is 5.75 Å². The van der Waals surface area contributed by atoms with Crippen LogP contribution in [0.4, 0.5) is 0 Å². The molecule has 0 fully saturated rings. The molecule has 0 bridgehead atoms. The molecule has 0 spiro atoms. The van der Waals surface area contributed by atoms with Crippen LogP contribution >= 0.6 is 24.8 Å². The molecule has 0 heterocycles. The molecule has 2 rings (SSSR count). The minimum absolute atomic E-state index is 0. The Morgan fingerprint density at radius 2 is 1.86 bits per heavy atom. The summed E-state index contributed by atoms with van der Waals surface area (Å²) in [5.41, 5.74) is 2.83. The van der Waals surface area contributed by atoms with Crippen LogP contribution in [-0.4, -0.2) is 4.82 Å². The van der Waals surface area contributed by atoms with Crippen molar-refractivity contribution in [2.75, 3.05) is 0 Å². The van der Waals surface area contributed by atoms with Gasteiger partial charge < -0.3 is 0 Å².